The van der Waals surface area contributed by atoms with Crippen LogP contribution in [0.25, 0.3) is 0 Å². The van der Waals surface area contributed by atoms with Crippen LogP contribution in [0.4, 0.5) is 0 Å². The number of ether oxygens (including phenoxy) is 1. The normalized spacial score (nSPS) is 11.5. The van der Waals surface area contributed by atoms with Gasteiger partial charge in [-0.05, 0) is 37.1 Å². The maximum Gasteiger partial charge on any atom is 0.251 e. The summed E-state index contributed by atoms with van der Waals surface area (Å²) in [5, 5.41) is 11.0. The van der Waals surface area contributed by atoms with Crippen LogP contribution in [0.3, 0.4) is 0 Å². The minimum Gasteiger partial charge on any atom is -0.383 e. The number of aryl methyl sites for hydroxylation is 1. The summed E-state index contributed by atoms with van der Waals surface area (Å²) < 4.78 is 28.0. The molecule has 0 bridgehead atoms. The second-order valence-electron chi connectivity index (χ2n) is 4.96. The first-order chi connectivity index (χ1) is 10.3. The fraction of sp³-hybridized carbons (Fsp3) is 0.500. The van der Waals surface area contributed by atoms with Crippen molar-refractivity contribution in [3.63, 3.8) is 0 Å². The molecule has 7 nitrogen and oxygen atoms in total. The Balaban J connectivity index is 2.72. The molecule has 1 aromatic rings. The summed E-state index contributed by atoms with van der Waals surface area (Å²) in [6.07, 6.45) is 0. The lowest BCUT2D eigenvalue weighted by molar-refractivity contribution is 0.0953. The highest BCUT2D eigenvalue weighted by Crippen LogP contribution is 2.19. The van der Waals surface area contributed by atoms with Gasteiger partial charge in [-0.25, -0.2) is 13.6 Å². The van der Waals surface area contributed by atoms with Crippen molar-refractivity contribution in [1.29, 1.82) is 0 Å². The van der Waals surface area contributed by atoms with Crippen molar-refractivity contribution in [3.05, 3.63) is 28.8 Å². The highest BCUT2D eigenvalue weighted by Gasteiger charge is 2.17. The predicted octanol–water partition coefficient (Wildman–Crippen LogP) is -0.0834. The average Bonchev–Trinajstić information content (AvgIpc) is 2.43. The number of nitrogens with two attached hydrogens (primary N) is 1. The SMILES string of the molecule is COCCNCCNC(=O)c1cc(C)c(C)c(S(N)(=O)=O)c1. The zero-order chi connectivity index (χ0) is 16.8. The Labute approximate surface area is 131 Å². The van der Waals surface area contributed by atoms with Gasteiger partial charge >= 0.3 is 0 Å². The number of carbonyl (C=O) groups excluding carboxylic acids is 1. The topological polar surface area (TPSA) is 111 Å². The number of sulfonamides is 1. The van der Waals surface area contributed by atoms with Crippen LogP contribution in [-0.2, 0) is 14.8 Å². The van der Waals surface area contributed by atoms with Crippen LogP contribution in [0.2, 0.25) is 0 Å². The van der Waals surface area contributed by atoms with Crippen LogP contribution in [0.5, 0.6) is 0 Å². The van der Waals surface area contributed by atoms with Gasteiger partial charge in [-0.2, -0.15) is 0 Å². The lowest BCUT2D eigenvalue weighted by Crippen LogP contribution is -2.33. The zero-order valence-corrected chi connectivity index (χ0v) is 13.9. The van der Waals surface area contributed by atoms with Gasteiger partial charge in [-0.3, -0.25) is 4.79 Å². The monoisotopic (exact) mass is 329 g/mol. The van der Waals surface area contributed by atoms with Gasteiger partial charge in [-0.1, -0.05) is 0 Å². The number of carbonyl (C=O) groups is 1. The van der Waals surface area contributed by atoms with E-state index in [9.17, 15) is 13.2 Å². The predicted molar refractivity (Wildman–Crippen MR) is 84.4 cm³/mol. The lowest BCUT2D eigenvalue weighted by Gasteiger charge is -2.11. The number of methoxy groups -OCH3 is 1. The molecule has 0 aliphatic rings. The summed E-state index contributed by atoms with van der Waals surface area (Å²) in [6.45, 7) is 5.74. The van der Waals surface area contributed by atoms with Gasteiger partial charge < -0.3 is 15.4 Å². The smallest absolute Gasteiger partial charge is 0.251 e. The molecular formula is C14H23N3O4S. The highest BCUT2D eigenvalue weighted by atomic mass is 32.2. The molecule has 8 heteroatoms. The number of primary sulfonamides is 1. The molecule has 0 saturated heterocycles. The molecule has 4 N–H and O–H groups in total. The standard InChI is InChI=1S/C14H23N3O4S/c1-10-8-12(9-13(11(10)2)22(15,19)20)14(18)17-5-4-16-6-7-21-3/h8-9,16H,4-7H2,1-3H3,(H,17,18)(H2,15,19,20). The molecule has 0 saturated carbocycles. The molecular weight excluding hydrogens is 306 g/mol. The Morgan fingerprint density at radius 3 is 2.50 bits per heavy atom. The van der Waals surface area contributed by atoms with Crippen LogP contribution in [0.1, 0.15) is 21.5 Å². The van der Waals surface area contributed by atoms with Crippen LogP contribution in [-0.4, -0.2) is 47.7 Å². The van der Waals surface area contributed by atoms with E-state index < -0.39 is 10.0 Å². The maximum atomic E-state index is 12.1. The Morgan fingerprint density at radius 2 is 1.91 bits per heavy atom. The molecule has 22 heavy (non-hydrogen) atoms. The van der Waals surface area contributed by atoms with Gasteiger partial charge in [0.2, 0.25) is 10.0 Å². The molecule has 0 atom stereocenters. The Hall–Kier alpha value is -1.48. The van der Waals surface area contributed by atoms with E-state index in [2.05, 4.69) is 10.6 Å². The fourth-order valence-electron chi connectivity index (χ4n) is 1.92. The van der Waals surface area contributed by atoms with Gasteiger partial charge in [0.15, 0.2) is 0 Å². The largest absolute Gasteiger partial charge is 0.383 e. The Kier molecular flexibility index (Phi) is 6.95. The van der Waals surface area contributed by atoms with Gasteiger partial charge in [0, 0.05) is 32.3 Å². The third kappa shape index (κ3) is 5.38. The first-order valence-corrected chi connectivity index (χ1v) is 8.44. The number of hydrogen-bond donors (Lipinski definition) is 3. The van der Waals surface area contributed by atoms with Crippen molar-refractivity contribution in [1.82, 2.24) is 10.6 Å². The third-order valence-electron chi connectivity index (χ3n) is 3.26. The zero-order valence-electron chi connectivity index (χ0n) is 13.1. The minimum absolute atomic E-state index is 0.0177. The Bertz CT molecular complexity index is 629. The second kappa shape index (κ2) is 8.23. The highest BCUT2D eigenvalue weighted by molar-refractivity contribution is 7.89. The summed E-state index contributed by atoms with van der Waals surface area (Å²) in [7, 11) is -2.24. The van der Waals surface area contributed by atoms with E-state index in [4.69, 9.17) is 9.88 Å². The molecule has 0 aliphatic carbocycles. The van der Waals surface area contributed by atoms with Crippen LogP contribution >= 0.6 is 0 Å². The fourth-order valence-corrected chi connectivity index (χ4v) is 2.80. The average molecular weight is 329 g/mol. The van der Waals surface area contributed by atoms with Gasteiger partial charge in [0.25, 0.3) is 5.91 Å². The van der Waals surface area contributed by atoms with Gasteiger partial charge in [0.05, 0.1) is 11.5 Å². The van der Waals surface area contributed by atoms with Crippen molar-refractivity contribution in [2.75, 3.05) is 33.4 Å². The first-order valence-electron chi connectivity index (χ1n) is 6.89. The van der Waals surface area contributed by atoms with Crippen molar-refractivity contribution in [2.24, 2.45) is 5.14 Å². The molecule has 0 aliphatic heterocycles. The maximum absolute atomic E-state index is 12.1. The number of hydrogen-bond acceptors (Lipinski definition) is 5. The minimum atomic E-state index is -3.85. The number of benzene rings is 1. The first kappa shape index (κ1) is 18.6. The molecule has 124 valence electrons. The van der Waals surface area contributed by atoms with E-state index >= 15 is 0 Å². The van der Waals surface area contributed by atoms with E-state index in [0.29, 0.717) is 37.4 Å². The van der Waals surface area contributed by atoms with Crippen LogP contribution < -0.4 is 15.8 Å². The molecule has 1 rings (SSSR count). The lowest BCUT2D eigenvalue weighted by atomic mass is 10.1. The van der Waals surface area contributed by atoms with Crippen molar-refractivity contribution >= 4 is 15.9 Å². The molecule has 0 radical (unpaired) electrons. The Morgan fingerprint density at radius 1 is 1.23 bits per heavy atom. The summed E-state index contributed by atoms with van der Waals surface area (Å²) in [4.78, 5) is 12.1. The molecule has 0 aromatic heterocycles. The van der Waals surface area contributed by atoms with Crippen molar-refractivity contribution in [3.8, 4) is 0 Å². The van der Waals surface area contributed by atoms with E-state index in [-0.39, 0.29) is 16.4 Å². The van der Waals surface area contributed by atoms with Crippen LogP contribution in [0.15, 0.2) is 17.0 Å². The number of amides is 1. The van der Waals surface area contributed by atoms with Crippen molar-refractivity contribution < 1.29 is 17.9 Å². The third-order valence-corrected chi connectivity index (χ3v) is 4.30. The summed E-state index contributed by atoms with van der Waals surface area (Å²) in [6, 6.07) is 2.96. The van der Waals surface area contributed by atoms with Crippen molar-refractivity contribution in [2.45, 2.75) is 18.7 Å². The molecule has 0 spiro atoms. The molecule has 0 unspecified atom stereocenters. The summed E-state index contributed by atoms with van der Waals surface area (Å²) >= 11 is 0. The van der Waals surface area contributed by atoms with Gasteiger partial charge in [0.1, 0.15) is 0 Å². The quantitative estimate of drug-likeness (QED) is 0.578. The van der Waals surface area contributed by atoms with E-state index in [0.717, 1.165) is 0 Å². The molecule has 0 fully saturated rings. The summed E-state index contributed by atoms with van der Waals surface area (Å²) in [5.41, 5.74) is 1.54. The van der Waals surface area contributed by atoms with E-state index in [1.54, 1.807) is 27.0 Å². The van der Waals surface area contributed by atoms with E-state index in [1.807, 2.05) is 0 Å². The van der Waals surface area contributed by atoms with Crippen LogP contribution in [0, 0.1) is 13.8 Å². The number of rotatable bonds is 8. The molecule has 1 aromatic carbocycles. The molecule has 0 heterocycles. The number of nitrogens with one attached hydrogen (secondary N) is 2. The summed E-state index contributed by atoms with van der Waals surface area (Å²) in [5.74, 6) is -0.332. The second-order valence-corrected chi connectivity index (χ2v) is 6.49. The van der Waals surface area contributed by atoms with Gasteiger partial charge in [-0.15, -0.1) is 0 Å². The van der Waals surface area contributed by atoms with E-state index in [1.165, 1.54) is 6.07 Å². The molecule has 1 amide bonds.